The summed E-state index contributed by atoms with van der Waals surface area (Å²) >= 11 is 0. The normalized spacial score (nSPS) is 11.3. The van der Waals surface area contributed by atoms with Crippen LogP contribution in [0.2, 0.25) is 0 Å². The van der Waals surface area contributed by atoms with Gasteiger partial charge in [-0.05, 0) is 18.6 Å². The molecule has 0 radical (unpaired) electrons. The number of furan rings is 1. The summed E-state index contributed by atoms with van der Waals surface area (Å²) in [6.45, 7) is 0.814. The summed E-state index contributed by atoms with van der Waals surface area (Å²) in [5, 5.41) is 9.67. The average Bonchev–Trinajstić information content (AvgIpc) is 2.80. The molecule has 6 heteroatoms. The Morgan fingerprint density at radius 2 is 2.19 bits per heavy atom. The van der Waals surface area contributed by atoms with Crippen molar-refractivity contribution >= 4 is 16.9 Å². The van der Waals surface area contributed by atoms with E-state index in [-0.39, 0.29) is 19.6 Å². The Balaban J connectivity index is 2.16. The van der Waals surface area contributed by atoms with Crippen molar-refractivity contribution in [2.75, 3.05) is 19.7 Å². The lowest BCUT2D eigenvalue weighted by molar-refractivity contribution is -0.132. The first-order valence-corrected chi connectivity index (χ1v) is 6.64. The molecule has 21 heavy (non-hydrogen) atoms. The first-order valence-electron chi connectivity index (χ1n) is 6.64. The van der Waals surface area contributed by atoms with Gasteiger partial charge >= 0.3 is 0 Å². The first kappa shape index (κ1) is 15.4. The van der Waals surface area contributed by atoms with Crippen LogP contribution in [-0.4, -0.2) is 42.0 Å². The summed E-state index contributed by atoms with van der Waals surface area (Å²) in [7, 11) is 0. The van der Waals surface area contributed by atoms with E-state index in [2.05, 4.69) is 0 Å². The molecule has 0 unspecified atom stereocenters. The molecular formula is C15H17F2NO3. The van der Waals surface area contributed by atoms with Gasteiger partial charge in [-0.3, -0.25) is 4.79 Å². The highest BCUT2D eigenvalue weighted by atomic mass is 19.3. The third-order valence-electron chi connectivity index (χ3n) is 3.23. The van der Waals surface area contributed by atoms with E-state index in [0.29, 0.717) is 11.1 Å². The minimum absolute atomic E-state index is 0.0250. The van der Waals surface area contributed by atoms with Crippen LogP contribution >= 0.6 is 0 Å². The van der Waals surface area contributed by atoms with Gasteiger partial charge in [0.25, 0.3) is 6.43 Å². The Hall–Kier alpha value is -1.95. The van der Waals surface area contributed by atoms with Crippen molar-refractivity contribution in [1.82, 2.24) is 4.90 Å². The molecular weight excluding hydrogens is 280 g/mol. The number of hydrogen-bond donors (Lipinski definition) is 1. The van der Waals surface area contributed by atoms with E-state index in [1.165, 1.54) is 6.26 Å². The van der Waals surface area contributed by atoms with Gasteiger partial charge in [-0.2, -0.15) is 0 Å². The number of halogens is 2. The van der Waals surface area contributed by atoms with Crippen LogP contribution in [0.1, 0.15) is 11.1 Å². The summed E-state index contributed by atoms with van der Waals surface area (Å²) < 4.78 is 30.3. The average molecular weight is 297 g/mol. The molecule has 0 spiro atoms. The summed E-state index contributed by atoms with van der Waals surface area (Å²) in [5.74, 6) is -0.451. The zero-order valence-electron chi connectivity index (χ0n) is 11.7. The molecule has 0 saturated heterocycles. The van der Waals surface area contributed by atoms with Gasteiger partial charge < -0.3 is 14.4 Å². The van der Waals surface area contributed by atoms with Gasteiger partial charge in [0, 0.05) is 17.5 Å². The van der Waals surface area contributed by atoms with Crippen molar-refractivity contribution < 1.29 is 23.1 Å². The second kappa shape index (κ2) is 6.67. The molecule has 1 aromatic heterocycles. The Bertz CT molecular complexity index is 624. The smallest absolute Gasteiger partial charge is 0.255 e. The summed E-state index contributed by atoms with van der Waals surface area (Å²) in [5.41, 5.74) is 2.36. The SMILES string of the molecule is Cc1ccc2c(CC(=O)N(CCO)CC(F)F)coc2c1. The highest BCUT2D eigenvalue weighted by Crippen LogP contribution is 2.23. The second-order valence-electron chi connectivity index (χ2n) is 4.89. The molecule has 0 aliphatic carbocycles. The Morgan fingerprint density at radius 3 is 2.86 bits per heavy atom. The zero-order chi connectivity index (χ0) is 15.4. The summed E-state index contributed by atoms with van der Waals surface area (Å²) in [6, 6.07) is 5.60. The lowest BCUT2D eigenvalue weighted by Gasteiger charge is -2.21. The van der Waals surface area contributed by atoms with Gasteiger partial charge in [0.15, 0.2) is 0 Å². The fourth-order valence-corrected chi connectivity index (χ4v) is 2.21. The second-order valence-corrected chi connectivity index (χ2v) is 4.89. The number of aliphatic hydroxyl groups excluding tert-OH is 1. The number of aliphatic hydroxyl groups is 1. The van der Waals surface area contributed by atoms with E-state index < -0.39 is 18.9 Å². The number of rotatable bonds is 6. The highest BCUT2D eigenvalue weighted by molar-refractivity contribution is 5.88. The van der Waals surface area contributed by atoms with E-state index in [1.54, 1.807) is 0 Å². The molecule has 0 aliphatic rings. The van der Waals surface area contributed by atoms with Gasteiger partial charge in [0.05, 0.1) is 25.8 Å². The fraction of sp³-hybridized carbons (Fsp3) is 0.400. The van der Waals surface area contributed by atoms with Crippen LogP contribution in [0.25, 0.3) is 11.0 Å². The number of hydrogen-bond acceptors (Lipinski definition) is 3. The zero-order valence-corrected chi connectivity index (χ0v) is 11.7. The number of amides is 1. The molecule has 0 aliphatic heterocycles. The Labute approximate surface area is 121 Å². The third-order valence-corrected chi connectivity index (χ3v) is 3.23. The van der Waals surface area contributed by atoms with E-state index >= 15 is 0 Å². The fourth-order valence-electron chi connectivity index (χ4n) is 2.21. The predicted molar refractivity (Wildman–Crippen MR) is 74.3 cm³/mol. The number of carbonyl (C=O) groups excluding carboxylic acids is 1. The van der Waals surface area contributed by atoms with Crippen molar-refractivity contribution in [3.63, 3.8) is 0 Å². The molecule has 0 atom stereocenters. The maximum absolute atomic E-state index is 12.5. The quantitative estimate of drug-likeness (QED) is 0.890. The maximum Gasteiger partial charge on any atom is 0.255 e. The number of carbonyl (C=O) groups is 1. The topological polar surface area (TPSA) is 53.7 Å². The van der Waals surface area contributed by atoms with Crippen molar-refractivity contribution in [1.29, 1.82) is 0 Å². The van der Waals surface area contributed by atoms with Gasteiger partial charge in [0.2, 0.25) is 5.91 Å². The Morgan fingerprint density at radius 1 is 1.43 bits per heavy atom. The predicted octanol–water partition coefficient (Wildman–Crippen LogP) is 2.37. The molecule has 4 nitrogen and oxygen atoms in total. The van der Waals surface area contributed by atoms with Gasteiger partial charge in [-0.25, -0.2) is 8.78 Å². The van der Waals surface area contributed by atoms with E-state index in [0.717, 1.165) is 15.8 Å². The lowest BCUT2D eigenvalue weighted by Crippen LogP contribution is -2.38. The number of aryl methyl sites for hydroxylation is 1. The van der Waals surface area contributed by atoms with E-state index in [4.69, 9.17) is 9.52 Å². The number of fused-ring (bicyclic) bond motifs is 1. The number of benzene rings is 1. The van der Waals surface area contributed by atoms with Crippen molar-refractivity contribution in [2.24, 2.45) is 0 Å². The summed E-state index contributed by atoms with van der Waals surface area (Å²) in [4.78, 5) is 13.1. The third kappa shape index (κ3) is 3.78. The molecule has 0 fully saturated rings. The molecule has 1 N–H and O–H groups in total. The molecule has 1 heterocycles. The largest absolute Gasteiger partial charge is 0.464 e. The maximum atomic E-state index is 12.5. The number of nitrogens with zero attached hydrogens (tertiary/aromatic N) is 1. The van der Waals surface area contributed by atoms with Gasteiger partial charge in [-0.15, -0.1) is 0 Å². The standard InChI is InChI=1S/C15H17F2NO3/c1-10-2-3-12-11(9-21-13(12)6-10)7-15(20)18(4-5-19)8-14(16)17/h2-3,6,9,14,19H,4-5,7-8H2,1H3. The van der Waals surface area contributed by atoms with Crippen LogP contribution in [0.15, 0.2) is 28.9 Å². The molecule has 114 valence electrons. The van der Waals surface area contributed by atoms with Crippen LogP contribution in [0.3, 0.4) is 0 Å². The van der Waals surface area contributed by atoms with Crippen LogP contribution < -0.4 is 0 Å². The van der Waals surface area contributed by atoms with Crippen molar-refractivity contribution in [2.45, 2.75) is 19.8 Å². The van der Waals surface area contributed by atoms with Gasteiger partial charge in [0.1, 0.15) is 5.58 Å². The molecule has 1 amide bonds. The minimum Gasteiger partial charge on any atom is -0.464 e. The molecule has 0 saturated carbocycles. The van der Waals surface area contributed by atoms with E-state index in [9.17, 15) is 13.6 Å². The van der Waals surface area contributed by atoms with Crippen molar-refractivity contribution in [3.05, 3.63) is 35.6 Å². The lowest BCUT2D eigenvalue weighted by atomic mass is 10.1. The van der Waals surface area contributed by atoms with Crippen LogP contribution in [0.5, 0.6) is 0 Å². The molecule has 0 bridgehead atoms. The van der Waals surface area contributed by atoms with Gasteiger partial charge in [-0.1, -0.05) is 12.1 Å². The molecule has 2 rings (SSSR count). The van der Waals surface area contributed by atoms with E-state index in [1.807, 2.05) is 25.1 Å². The Kier molecular flexibility index (Phi) is 4.90. The van der Waals surface area contributed by atoms with Crippen LogP contribution in [0, 0.1) is 6.92 Å². The monoisotopic (exact) mass is 297 g/mol. The molecule has 1 aromatic carbocycles. The highest BCUT2D eigenvalue weighted by Gasteiger charge is 2.19. The minimum atomic E-state index is -2.62. The first-order chi connectivity index (χ1) is 10.0. The van der Waals surface area contributed by atoms with Crippen molar-refractivity contribution in [3.8, 4) is 0 Å². The number of alkyl halides is 2. The summed E-state index contributed by atoms with van der Waals surface area (Å²) in [6.07, 6.45) is -1.17. The van der Waals surface area contributed by atoms with Crippen LogP contribution in [-0.2, 0) is 11.2 Å². The van der Waals surface area contributed by atoms with Crippen LogP contribution in [0.4, 0.5) is 8.78 Å². The molecule has 2 aromatic rings.